The maximum atomic E-state index is 13.3. The Hall–Kier alpha value is -2.11. The highest BCUT2D eigenvalue weighted by Crippen LogP contribution is 2.21. The molecule has 98 valence electrons. The number of hydrogen-bond acceptors (Lipinski definition) is 3. The number of carboxylic acid groups (broad SMARTS) is 1. The number of halogens is 1. The van der Waals surface area contributed by atoms with E-state index >= 15 is 0 Å². The van der Waals surface area contributed by atoms with Gasteiger partial charge in [0.1, 0.15) is 17.1 Å². The fraction of sp³-hybridized carbons (Fsp3) is 0.333. The summed E-state index contributed by atoms with van der Waals surface area (Å²) in [5.74, 6) is -2.90. The number of aromatic carboxylic acids is 1. The van der Waals surface area contributed by atoms with Gasteiger partial charge < -0.3 is 15.2 Å². The van der Waals surface area contributed by atoms with Gasteiger partial charge in [0.05, 0.1) is 0 Å². The second-order valence-electron chi connectivity index (χ2n) is 3.93. The van der Waals surface area contributed by atoms with Gasteiger partial charge in [-0.25, -0.2) is 9.18 Å². The highest BCUT2D eigenvalue weighted by molar-refractivity contribution is 5.91. The van der Waals surface area contributed by atoms with Crippen molar-refractivity contribution in [3.63, 3.8) is 0 Å². The molecule has 0 fully saturated rings. The lowest BCUT2D eigenvalue weighted by molar-refractivity contribution is -0.123. The van der Waals surface area contributed by atoms with Crippen molar-refractivity contribution in [2.45, 2.75) is 19.9 Å². The molecule has 0 heterocycles. The first kappa shape index (κ1) is 14.0. The lowest BCUT2D eigenvalue weighted by Crippen LogP contribution is -2.34. The molecule has 0 saturated heterocycles. The monoisotopic (exact) mass is 255 g/mol. The molecular formula is C12H14FNO4. The summed E-state index contributed by atoms with van der Waals surface area (Å²) in [4.78, 5) is 22.2. The first-order chi connectivity index (χ1) is 8.41. The van der Waals surface area contributed by atoms with E-state index in [2.05, 4.69) is 5.32 Å². The Morgan fingerprint density at radius 1 is 1.44 bits per heavy atom. The van der Waals surface area contributed by atoms with Gasteiger partial charge in [0, 0.05) is 6.04 Å². The lowest BCUT2D eigenvalue weighted by Gasteiger charge is -2.11. The maximum absolute atomic E-state index is 13.3. The summed E-state index contributed by atoms with van der Waals surface area (Å²) in [6.07, 6.45) is 0. The van der Waals surface area contributed by atoms with Crippen LogP contribution in [0.15, 0.2) is 18.2 Å². The minimum atomic E-state index is -1.44. The molecule has 0 aliphatic rings. The van der Waals surface area contributed by atoms with Crippen LogP contribution in [0.4, 0.5) is 4.39 Å². The molecule has 0 saturated carbocycles. The van der Waals surface area contributed by atoms with Crippen molar-refractivity contribution >= 4 is 11.9 Å². The second kappa shape index (κ2) is 6.00. The summed E-state index contributed by atoms with van der Waals surface area (Å²) in [6.45, 7) is 3.20. The Kier molecular flexibility index (Phi) is 4.65. The Labute approximate surface area is 104 Å². The van der Waals surface area contributed by atoms with Gasteiger partial charge in [-0.2, -0.15) is 0 Å². The topological polar surface area (TPSA) is 75.6 Å². The zero-order chi connectivity index (χ0) is 13.7. The summed E-state index contributed by atoms with van der Waals surface area (Å²) >= 11 is 0. The molecular weight excluding hydrogens is 241 g/mol. The third-order valence-electron chi connectivity index (χ3n) is 2.00. The molecule has 5 nitrogen and oxygen atoms in total. The molecule has 0 radical (unpaired) electrons. The van der Waals surface area contributed by atoms with E-state index in [0.717, 1.165) is 6.07 Å². The Morgan fingerprint density at radius 3 is 2.67 bits per heavy atom. The van der Waals surface area contributed by atoms with Crippen molar-refractivity contribution in [2.24, 2.45) is 0 Å². The van der Waals surface area contributed by atoms with Crippen LogP contribution in [0, 0.1) is 5.82 Å². The van der Waals surface area contributed by atoms with Gasteiger partial charge in [-0.1, -0.05) is 6.07 Å². The molecule has 0 atom stereocenters. The predicted octanol–water partition coefficient (Wildman–Crippen LogP) is 1.43. The van der Waals surface area contributed by atoms with Crippen molar-refractivity contribution in [1.29, 1.82) is 0 Å². The van der Waals surface area contributed by atoms with E-state index in [1.165, 1.54) is 12.1 Å². The fourth-order valence-electron chi connectivity index (χ4n) is 1.34. The molecule has 0 aliphatic carbocycles. The molecule has 18 heavy (non-hydrogen) atoms. The number of carbonyl (C=O) groups is 2. The molecule has 1 aromatic carbocycles. The number of nitrogens with one attached hydrogen (secondary N) is 1. The van der Waals surface area contributed by atoms with E-state index in [1.807, 2.05) is 0 Å². The first-order valence-corrected chi connectivity index (χ1v) is 5.35. The molecule has 0 aliphatic heterocycles. The van der Waals surface area contributed by atoms with Crippen molar-refractivity contribution in [3.05, 3.63) is 29.6 Å². The highest BCUT2D eigenvalue weighted by Gasteiger charge is 2.17. The third-order valence-corrected chi connectivity index (χ3v) is 2.00. The number of carboxylic acids is 1. The van der Waals surface area contributed by atoms with Gasteiger partial charge in [0.2, 0.25) is 0 Å². The molecule has 0 unspecified atom stereocenters. The van der Waals surface area contributed by atoms with E-state index in [4.69, 9.17) is 9.84 Å². The van der Waals surface area contributed by atoms with Crippen LogP contribution < -0.4 is 10.1 Å². The van der Waals surface area contributed by atoms with Crippen LogP contribution in [-0.2, 0) is 4.79 Å². The molecule has 2 N–H and O–H groups in total. The summed E-state index contributed by atoms with van der Waals surface area (Å²) in [6, 6.07) is 3.59. The summed E-state index contributed by atoms with van der Waals surface area (Å²) < 4.78 is 18.3. The number of ether oxygens (including phenoxy) is 1. The molecule has 6 heteroatoms. The minimum Gasteiger partial charge on any atom is -0.483 e. The van der Waals surface area contributed by atoms with Gasteiger partial charge in [0.25, 0.3) is 5.91 Å². The van der Waals surface area contributed by atoms with Gasteiger partial charge in [-0.05, 0) is 26.0 Å². The summed E-state index contributed by atoms with van der Waals surface area (Å²) in [7, 11) is 0. The van der Waals surface area contributed by atoms with Crippen molar-refractivity contribution in [1.82, 2.24) is 5.32 Å². The number of amides is 1. The van der Waals surface area contributed by atoms with Crippen LogP contribution in [0.5, 0.6) is 5.75 Å². The number of carbonyl (C=O) groups excluding carboxylic acids is 1. The van der Waals surface area contributed by atoms with Crippen LogP contribution in [0.25, 0.3) is 0 Å². The van der Waals surface area contributed by atoms with E-state index in [0.29, 0.717) is 0 Å². The zero-order valence-corrected chi connectivity index (χ0v) is 10.1. The maximum Gasteiger partial charge on any atom is 0.342 e. The first-order valence-electron chi connectivity index (χ1n) is 5.35. The van der Waals surface area contributed by atoms with E-state index in [9.17, 15) is 14.0 Å². The quantitative estimate of drug-likeness (QED) is 0.834. The molecule has 1 rings (SSSR count). The lowest BCUT2D eigenvalue weighted by atomic mass is 10.2. The van der Waals surface area contributed by atoms with Crippen molar-refractivity contribution < 1.29 is 23.8 Å². The smallest absolute Gasteiger partial charge is 0.342 e. The van der Waals surface area contributed by atoms with Gasteiger partial charge >= 0.3 is 5.97 Å². The number of benzene rings is 1. The fourth-order valence-corrected chi connectivity index (χ4v) is 1.34. The Balaban J connectivity index is 2.76. The molecule has 0 bridgehead atoms. The van der Waals surface area contributed by atoms with Crippen molar-refractivity contribution in [3.8, 4) is 5.75 Å². The van der Waals surface area contributed by atoms with Crippen LogP contribution in [-0.4, -0.2) is 29.6 Å². The number of hydrogen-bond donors (Lipinski definition) is 2. The Bertz CT molecular complexity index is 459. The minimum absolute atomic E-state index is 0.0486. The largest absolute Gasteiger partial charge is 0.483 e. The third kappa shape index (κ3) is 3.73. The zero-order valence-electron chi connectivity index (χ0n) is 10.1. The standard InChI is InChI=1S/C12H14FNO4/c1-7(2)14-10(15)6-18-9-5-3-4-8(13)11(9)12(16)17/h3-5,7H,6H2,1-2H3,(H,14,15)(H,16,17). The average Bonchev–Trinajstić information content (AvgIpc) is 2.24. The Morgan fingerprint density at radius 2 is 2.11 bits per heavy atom. The molecule has 1 aromatic rings. The van der Waals surface area contributed by atoms with Crippen molar-refractivity contribution in [2.75, 3.05) is 6.61 Å². The molecule has 1 amide bonds. The second-order valence-corrected chi connectivity index (χ2v) is 3.93. The predicted molar refractivity (Wildman–Crippen MR) is 62.1 cm³/mol. The van der Waals surface area contributed by atoms with E-state index in [1.54, 1.807) is 13.8 Å². The van der Waals surface area contributed by atoms with Crippen LogP contribution in [0.1, 0.15) is 24.2 Å². The molecule has 0 aromatic heterocycles. The van der Waals surface area contributed by atoms with Gasteiger partial charge in [0.15, 0.2) is 6.61 Å². The summed E-state index contributed by atoms with van der Waals surface area (Å²) in [5.41, 5.74) is -0.574. The average molecular weight is 255 g/mol. The van der Waals surface area contributed by atoms with Crippen LogP contribution >= 0.6 is 0 Å². The normalized spacial score (nSPS) is 10.2. The van der Waals surface area contributed by atoms with Gasteiger partial charge in [-0.15, -0.1) is 0 Å². The number of rotatable bonds is 5. The molecule has 0 spiro atoms. The SMILES string of the molecule is CC(C)NC(=O)COc1cccc(F)c1C(=O)O. The van der Waals surface area contributed by atoms with Crippen LogP contribution in [0.2, 0.25) is 0 Å². The van der Waals surface area contributed by atoms with E-state index < -0.39 is 23.3 Å². The summed E-state index contributed by atoms with van der Waals surface area (Å²) in [5, 5.41) is 11.4. The van der Waals surface area contributed by atoms with Crippen LogP contribution in [0.3, 0.4) is 0 Å². The highest BCUT2D eigenvalue weighted by atomic mass is 19.1. The van der Waals surface area contributed by atoms with Gasteiger partial charge in [-0.3, -0.25) is 4.79 Å². The van der Waals surface area contributed by atoms with E-state index in [-0.39, 0.29) is 18.4 Å².